The zero-order valence-electron chi connectivity index (χ0n) is 15.2. The molecule has 1 aliphatic heterocycles. The molecular weight excluding hydrogens is 332 g/mol. The Kier molecular flexibility index (Phi) is 5.74. The Morgan fingerprint density at radius 2 is 1.92 bits per heavy atom. The number of hydrogen-bond acceptors (Lipinski definition) is 4. The quantitative estimate of drug-likeness (QED) is 0.808. The number of thiazole rings is 1. The molecule has 5 heteroatoms. The molecule has 0 atom stereocenters. The minimum absolute atomic E-state index is 0.217. The third kappa shape index (κ3) is 4.40. The normalized spacial score (nSPS) is 15.4. The Morgan fingerprint density at radius 3 is 2.48 bits per heavy atom. The molecule has 1 aromatic heterocycles. The lowest BCUT2D eigenvalue weighted by molar-refractivity contribution is -0.131. The number of ether oxygens (including phenoxy) is 1. The van der Waals surface area contributed by atoms with Crippen LogP contribution in [0.2, 0.25) is 0 Å². The molecule has 0 N–H and O–H groups in total. The van der Waals surface area contributed by atoms with Crippen molar-refractivity contribution in [3.63, 3.8) is 0 Å². The highest BCUT2D eigenvalue weighted by molar-refractivity contribution is 7.11. The van der Waals surface area contributed by atoms with Crippen LogP contribution in [0.4, 0.5) is 0 Å². The number of carbonyl (C=O) groups is 1. The van der Waals surface area contributed by atoms with Gasteiger partial charge in [-0.3, -0.25) is 4.79 Å². The van der Waals surface area contributed by atoms with Gasteiger partial charge < -0.3 is 9.64 Å². The summed E-state index contributed by atoms with van der Waals surface area (Å²) in [6, 6.07) is 7.84. The molecule has 0 aliphatic carbocycles. The number of carbonyl (C=O) groups excluding carboxylic acids is 1. The van der Waals surface area contributed by atoms with Gasteiger partial charge in [-0.1, -0.05) is 12.1 Å². The van der Waals surface area contributed by atoms with E-state index in [0.717, 1.165) is 42.9 Å². The predicted octanol–water partition coefficient (Wildman–Crippen LogP) is 4.11. The van der Waals surface area contributed by atoms with Crippen LogP contribution in [0.25, 0.3) is 0 Å². The lowest BCUT2D eigenvalue weighted by Gasteiger charge is -2.31. The van der Waals surface area contributed by atoms with Crippen molar-refractivity contribution >= 4 is 17.2 Å². The Labute approximate surface area is 153 Å². The average Bonchev–Trinajstić information content (AvgIpc) is 2.96. The number of rotatable bonds is 5. The monoisotopic (exact) mass is 358 g/mol. The summed E-state index contributed by atoms with van der Waals surface area (Å²) in [6.07, 6.45) is 2.50. The van der Waals surface area contributed by atoms with E-state index in [2.05, 4.69) is 13.8 Å². The fraction of sp³-hybridized carbons (Fsp3) is 0.500. The minimum Gasteiger partial charge on any atom is -0.494 e. The third-order valence-corrected chi connectivity index (χ3v) is 6.07. The summed E-state index contributed by atoms with van der Waals surface area (Å²) in [4.78, 5) is 20.6. The van der Waals surface area contributed by atoms with Crippen LogP contribution in [0, 0.1) is 13.8 Å². The number of aryl methyl sites for hydroxylation is 2. The summed E-state index contributed by atoms with van der Waals surface area (Å²) in [6.45, 7) is 8.49. The van der Waals surface area contributed by atoms with Gasteiger partial charge in [0.25, 0.3) is 0 Å². The summed E-state index contributed by atoms with van der Waals surface area (Å²) in [7, 11) is 0. The maximum Gasteiger partial charge on any atom is 0.226 e. The van der Waals surface area contributed by atoms with E-state index >= 15 is 0 Å². The van der Waals surface area contributed by atoms with Crippen molar-refractivity contribution in [3.8, 4) is 5.75 Å². The summed E-state index contributed by atoms with van der Waals surface area (Å²) in [5, 5.41) is 1.24. The molecule has 1 fully saturated rings. The van der Waals surface area contributed by atoms with Crippen LogP contribution >= 0.6 is 11.3 Å². The number of aromatic nitrogens is 1. The summed E-state index contributed by atoms with van der Waals surface area (Å²) >= 11 is 1.81. The van der Waals surface area contributed by atoms with E-state index in [1.807, 2.05) is 47.4 Å². The summed E-state index contributed by atoms with van der Waals surface area (Å²) in [5.74, 6) is 1.58. The number of benzene rings is 1. The van der Waals surface area contributed by atoms with Gasteiger partial charge in [0.1, 0.15) is 5.75 Å². The summed E-state index contributed by atoms with van der Waals surface area (Å²) in [5.41, 5.74) is 2.19. The molecule has 25 heavy (non-hydrogen) atoms. The summed E-state index contributed by atoms with van der Waals surface area (Å²) < 4.78 is 5.45. The Bertz CT molecular complexity index is 696. The lowest BCUT2D eigenvalue weighted by Crippen LogP contribution is -2.38. The first-order valence-electron chi connectivity index (χ1n) is 9.00. The predicted molar refractivity (Wildman–Crippen MR) is 101 cm³/mol. The van der Waals surface area contributed by atoms with E-state index in [1.54, 1.807) is 0 Å². The van der Waals surface area contributed by atoms with E-state index < -0.39 is 0 Å². The van der Waals surface area contributed by atoms with Crippen LogP contribution in [-0.2, 0) is 11.2 Å². The molecule has 2 aromatic rings. The first-order valence-corrected chi connectivity index (χ1v) is 9.82. The number of amides is 1. The SMILES string of the molecule is CCOc1ccc(CC(=O)N2CCC(c3nc(C)c(C)s3)CC2)cc1. The second-order valence-corrected chi connectivity index (χ2v) is 7.84. The zero-order valence-corrected chi connectivity index (χ0v) is 16.1. The molecule has 1 aliphatic rings. The fourth-order valence-electron chi connectivity index (χ4n) is 3.20. The van der Waals surface area contributed by atoms with E-state index in [9.17, 15) is 4.79 Å². The largest absolute Gasteiger partial charge is 0.494 e. The van der Waals surface area contributed by atoms with Gasteiger partial charge in [0.05, 0.1) is 23.7 Å². The maximum absolute atomic E-state index is 12.6. The Hall–Kier alpha value is -1.88. The molecule has 0 unspecified atom stereocenters. The van der Waals surface area contributed by atoms with Gasteiger partial charge in [-0.2, -0.15) is 0 Å². The van der Waals surface area contributed by atoms with Crippen LogP contribution in [0.3, 0.4) is 0 Å². The van der Waals surface area contributed by atoms with E-state index in [0.29, 0.717) is 18.9 Å². The molecule has 0 spiro atoms. The van der Waals surface area contributed by atoms with Crippen LogP contribution in [0.5, 0.6) is 5.75 Å². The number of piperidine rings is 1. The van der Waals surface area contributed by atoms with Gasteiger partial charge in [0, 0.05) is 23.9 Å². The molecule has 0 radical (unpaired) electrons. The van der Waals surface area contributed by atoms with Crippen molar-refractivity contribution in [2.24, 2.45) is 0 Å². The van der Waals surface area contributed by atoms with Crippen molar-refractivity contribution in [3.05, 3.63) is 45.4 Å². The van der Waals surface area contributed by atoms with Gasteiger partial charge in [-0.25, -0.2) is 4.98 Å². The fourth-order valence-corrected chi connectivity index (χ4v) is 4.30. The van der Waals surface area contributed by atoms with Crippen molar-refractivity contribution in [1.82, 2.24) is 9.88 Å². The number of nitrogens with zero attached hydrogens (tertiary/aromatic N) is 2. The third-order valence-electron chi connectivity index (χ3n) is 4.83. The highest BCUT2D eigenvalue weighted by Crippen LogP contribution is 2.32. The standard InChI is InChI=1S/C20H26N2O2S/c1-4-24-18-7-5-16(6-8-18)13-19(23)22-11-9-17(10-12-22)20-21-14(2)15(3)25-20/h5-8,17H,4,9-13H2,1-3H3. The number of hydrogen-bond donors (Lipinski definition) is 0. The molecule has 3 rings (SSSR count). The van der Waals surface area contributed by atoms with E-state index in [4.69, 9.17) is 9.72 Å². The number of likely N-dealkylation sites (tertiary alicyclic amines) is 1. The lowest BCUT2D eigenvalue weighted by atomic mass is 9.97. The molecule has 2 heterocycles. The van der Waals surface area contributed by atoms with Gasteiger partial charge >= 0.3 is 0 Å². The molecule has 1 aromatic carbocycles. The van der Waals surface area contributed by atoms with E-state index in [-0.39, 0.29) is 5.91 Å². The smallest absolute Gasteiger partial charge is 0.226 e. The van der Waals surface area contributed by atoms with Crippen LogP contribution < -0.4 is 4.74 Å². The van der Waals surface area contributed by atoms with Crippen LogP contribution in [0.15, 0.2) is 24.3 Å². The zero-order chi connectivity index (χ0) is 17.8. The van der Waals surface area contributed by atoms with Gasteiger partial charge in [0.15, 0.2) is 0 Å². The topological polar surface area (TPSA) is 42.4 Å². The first kappa shape index (κ1) is 17.9. The molecule has 0 bridgehead atoms. The second-order valence-electron chi connectivity index (χ2n) is 6.60. The average molecular weight is 359 g/mol. The van der Waals surface area contributed by atoms with Gasteiger partial charge in [0.2, 0.25) is 5.91 Å². The molecule has 1 amide bonds. The molecule has 1 saturated heterocycles. The highest BCUT2D eigenvalue weighted by Gasteiger charge is 2.26. The maximum atomic E-state index is 12.6. The molecule has 134 valence electrons. The van der Waals surface area contributed by atoms with E-state index in [1.165, 1.54) is 9.88 Å². The molecule has 0 saturated carbocycles. The van der Waals surface area contributed by atoms with Crippen LogP contribution in [0.1, 0.15) is 46.8 Å². The van der Waals surface area contributed by atoms with Crippen molar-refractivity contribution < 1.29 is 9.53 Å². The Morgan fingerprint density at radius 1 is 1.24 bits per heavy atom. The van der Waals surface area contributed by atoms with Gasteiger partial charge in [-0.15, -0.1) is 11.3 Å². The second kappa shape index (κ2) is 8.00. The minimum atomic E-state index is 0.217. The van der Waals surface area contributed by atoms with Gasteiger partial charge in [-0.05, 0) is 51.3 Å². The molecule has 4 nitrogen and oxygen atoms in total. The first-order chi connectivity index (χ1) is 12.1. The molecular formula is C20H26N2O2S. The Balaban J connectivity index is 1.52. The van der Waals surface area contributed by atoms with Crippen LogP contribution in [-0.4, -0.2) is 35.5 Å². The van der Waals surface area contributed by atoms with Crippen molar-refractivity contribution in [1.29, 1.82) is 0 Å². The van der Waals surface area contributed by atoms with Crippen molar-refractivity contribution in [2.75, 3.05) is 19.7 Å². The highest BCUT2D eigenvalue weighted by atomic mass is 32.1. The van der Waals surface area contributed by atoms with Crippen molar-refractivity contribution in [2.45, 2.75) is 46.0 Å².